The maximum Gasteiger partial charge on any atom is 0.115 e. The van der Waals surface area contributed by atoms with Gasteiger partial charge in [0.2, 0.25) is 0 Å². The number of methoxy groups -OCH3 is 1. The van der Waals surface area contributed by atoms with Gasteiger partial charge in [0.05, 0.1) is 6.61 Å². The Balaban J connectivity index is -0.000000299. The largest absolute Gasteiger partial charge is 0.380 e. The van der Waals surface area contributed by atoms with Crippen LogP contribution in [0, 0.1) is 13.8 Å². The summed E-state index contributed by atoms with van der Waals surface area (Å²) in [4.78, 5) is 0. The van der Waals surface area contributed by atoms with E-state index in [2.05, 4.69) is 19.1 Å². The fourth-order valence-corrected chi connectivity index (χ4v) is 1.69. The molecule has 0 N–H and O–H groups in total. The summed E-state index contributed by atoms with van der Waals surface area (Å²) in [6.07, 6.45) is 0. The Morgan fingerprint density at radius 1 is 0.680 bits per heavy atom. The van der Waals surface area contributed by atoms with Crippen LogP contribution >= 0.6 is 0 Å². The molecule has 0 amide bonds. The Labute approximate surface area is 156 Å². The number of hydrogen-bond donors (Lipinski definition) is 0. The molecule has 0 fully saturated rings. The van der Waals surface area contributed by atoms with Crippen molar-refractivity contribution in [3.05, 3.63) is 70.8 Å². The van der Waals surface area contributed by atoms with Crippen molar-refractivity contribution in [2.45, 2.75) is 68.7 Å². The monoisotopic (exact) mass is 350 g/mol. The van der Waals surface area contributed by atoms with Gasteiger partial charge in [-0.05, 0) is 36.1 Å². The molecule has 0 unspecified atom stereocenters. The molecular weight excluding hydrogens is 311 g/mol. The lowest BCUT2D eigenvalue weighted by Gasteiger charge is -2.01. The molecule has 0 heterocycles. The third-order valence-corrected chi connectivity index (χ3v) is 2.97. The van der Waals surface area contributed by atoms with Gasteiger partial charge in [-0.15, -0.1) is 0 Å². The Morgan fingerprint density at radius 3 is 1.32 bits per heavy atom. The average Bonchev–Trinajstić information content (AvgIpc) is 2.69. The maximum absolute atomic E-state index is 12.0. The van der Waals surface area contributed by atoms with Gasteiger partial charge >= 0.3 is 0 Å². The van der Waals surface area contributed by atoms with Crippen LogP contribution in [0.5, 0.6) is 0 Å². The molecule has 0 atom stereocenters. The molecule has 1 nitrogen and oxygen atoms in total. The summed E-state index contributed by atoms with van der Waals surface area (Å²) in [5.41, 5.74) is 4.38. The lowest BCUT2D eigenvalue weighted by Crippen LogP contribution is -1.89. The van der Waals surface area contributed by atoms with E-state index in [0.717, 1.165) is 11.1 Å². The van der Waals surface area contributed by atoms with Gasteiger partial charge in [0.1, 0.15) is 6.67 Å². The Morgan fingerprint density at radius 2 is 1.04 bits per heavy atom. The van der Waals surface area contributed by atoms with E-state index in [-0.39, 0.29) is 6.67 Å². The highest BCUT2D eigenvalue weighted by molar-refractivity contribution is 5.25. The minimum Gasteiger partial charge on any atom is -0.380 e. The molecule has 0 aliphatic heterocycles. The topological polar surface area (TPSA) is 9.23 Å². The van der Waals surface area contributed by atoms with E-state index in [1.807, 2.05) is 78.8 Å². The lowest BCUT2D eigenvalue weighted by molar-refractivity contribution is 0.184. The molecule has 0 bridgehead atoms. The highest BCUT2D eigenvalue weighted by Gasteiger charge is 1.93. The van der Waals surface area contributed by atoms with Crippen LogP contribution in [0.4, 0.5) is 4.39 Å². The van der Waals surface area contributed by atoms with E-state index in [1.54, 1.807) is 13.2 Å². The summed E-state index contributed by atoms with van der Waals surface area (Å²) < 4.78 is 17.0. The third kappa shape index (κ3) is 14.4. The second kappa shape index (κ2) is 22.3. The minimum absolute atomic E-state index is 0.354. The van der Waals surface area contributed by atoms with Crippen LogP contribution in [0.2, 0.25) is 0 Å². The van der Waals surface area contributed by atoms with Crippen LogP contribution < -0.4 is 0 Å². The van der Waals surface area contributed by atoms with Crippen LogP contribution in [0.1, 0.15) is 63.8 Å². The molecule has 0 aromatic heterocycles. The number of hydrogen-bond acceptors (Lipinski definition) is 1. The van der Waals surface area contributed by atoms with Gasteiger partial charge in [-0.25, -0.2) is 4.39 Å². The molecule has 25 heavy (non-hydrogen) atoms. The first-order valence-electron chi connectivity index (χ1n) is 9.33. The summed E-state index contributed by atoms with van der Waals surface area (Å²) in [6, 6.07) is 15.7. The van der Waals surface area contributed by atoms with E-state index < -0.39 is 0 Å². The van der Waals surface area contributed by atoms with Crippen molar-refractivity contribution in [3.8, 4) is 0 Å². The van der Waals surface area contributed by atoms with Crippen LogP contribution in [0.25, 0.3) is 0 Å². The first kappa shape index (κ1) is 28.1. The third-order valence-electron chi connectivity index (χ3n) is 2.97. The standard InChI is InChI=1S/C9H12O.C8H9F.3C2H6/c1-8-5-3-4-6-9(8)7-10-2;1-7-4-2-3-5-8(7)6-9;3*1-2/h3-6H,7H2,1-2H3;2-5H,6H2,1H3;3*1-2H3. The van der Waals surface area contributed by atoms with Gasteiger partial charge in [0.15, 0.2) is 0 Å². The van der Waals surface area contributed by atoms with E-state index in [0.29, 0.717) is 6.61 Å². The zero-order chi connectivity index (χ0) is 20.1. The first-order valence-corrected chi connectivity index (χ1v) is 9.33. The normalized spacial score (nSPS) is 8.08. The Bertz CT molecular complexity index is 495. The molecular formula is C23H39FO. The minimum atomic E-state index is -0.354. The summed E-state index contributed by atoms with van der Waals surface area (Å²) >= 11 is 0. The number of alkyl halides is 1. The predicted octanol–water partition coefficient (Wildman–Crippen LogP) is 7.68. The number of rotatable bonds is 3. The van der Waals surface area contributed by atoms with Gasteiger partial charge < -0.3 is 4.74 Å². The molecule has 2 aromatic carbocycles. The van der Waals surface area contributed by atoms with Crippen LogP contribution in [-0.2, 0) is 18.0 Å². The second-order valence-electron chi connectivity index (χ2n) is 4.42. The lowest BCUT2D eigenvalue weighted by atomic mass is 10.1. The van der Waals surface area contributed by atoms with Crippen molar-refractivity contribution in [2.24, 2.45) is 0 Å². The van der Waals surface area contributed by atoms with Gasteiger partial charge in [-0.3, -0.25) is 0 Å². The smallest absolute Gasteiger partial charge is 0.115 e. The summed E-state index contributed by atoms with van der Waals surface area (Å²) in [5, 5.41) is 0. The van der Waals surface area contributed by atoms with Crippen molar-refractivity contribution in [3.63, 3.8) is 0 Å². The van der Waals surface area contributed by atoms with E-state index in [9.17, 15) is 4.39 Å². The Hall–Kier alpha value is -1.67. The second-order valence-corrected chi connectivity index (χ2v) is 4.42. The summed E-state index contributed by atoms with van der Waals surface area (Å²) in [6.45, 7) is 16.4. The van der Waals surface area contributed by atoms with Crippen LogP contribution in [-0.4, -0.2) is 7.11 Å². The molecule has 0 radical (unpaired) electrons. The van der Waals surface area contributed by atoms with Crippen LogP contribution in [0.3, 0.4) is 0 Å². The molecule has 2 rings (SSSR count). The number of benzene rings is 2. The number of halogens is 1. The zero-order valence-electron chi connectivity index (χ0n) is 17.8. The molecule has 0 saturated heterocycles. The Kier molecular flexibility index (Phi) is 25.1. The molecule has 0 spiro atoms. The van der Waals surface area contributed by atoms with E-state index in [1.165, 1.54) is 11.1 Å². The van der Waals surface area contributed by atoms with Gasteiger partial charge in [-0.1, -0.05) is 90.1 Å². The molecule has 0 saturated carbocycles. The van der Waals surface area contributed by atoms with Gasteiger partial charge in [-0.2, -0.15) is 0 Å². The summed E-state index contributed by atoms with van der Waals surface area (Å²) in [7, 11) is 1.71. The molecule has 2 aromatic rings. The molecule has 0 aliphatic carbocycles. The number of ether oxygens (including phenoxy) is 1. The van der Waals surface area contributed by atoms with E-state index in [4.69, 9.17) is 4.74 Å². The zero-order valence-corrected chi connectivity index (χ0v) is 17.8. The quantitative estimate of drug-likeness (QED) is 0.551. The molecule has 2 heteroatoms. The van der Waals surface area contributed by atoms with Crippen molar-refractivity contribution >= 4 is 0 Å². The fourth-order valence-electron chi connectivity index (χ4n) is 1.69. The van der Waals surface area contributed by atoms with Gasteiger partial charge in [0, 0.05) is 7.11 Å². The van der Waals surface area contributed by atoms with Crippen LogP contribution in [0.15, 0.2) is 48.5 Å². The van der Waals surface area contributed by atoms with Crippen molar-refractivity contribution in [1.29, 1.82) is 0 Å². The summed E-state index contributed by atoms with van der Waals surface area (Å²) in [5.74, 6) is 0. The predicted molar refractivity (Wildman–Crippen MR) is 112 cm³/mol. The highest BCUT2D eigenvalue weighted by Crippen LogP contribution is 2.07. The van der Waals surface area contributed by atoms with Crippen molar-refractivity contribution < 1.29 is 9.13 Å². The molecule has 144 valence electrons. The molecule has 0 aliphatic rings. The number of aryl methyl sites for hydroxylation is 2. The van der Waals surface area contributed by atoms with E-state index >= 15 is 0 Å². The fraction of sp³-hybridized carbons (Fsp3) is 0.478. The van der Waals surface area contributed by atoms with Crippen molar-refractivity contribution in [2.75, 3.05) is 7.11 Å². The van der Waals surface area contributed by atoms with Gasteiger partial charge in [0.25, 0.3) is 0 Å². The maximum atomic E-state index is 12.0. The SMILES string of the molecule is CC.CC.CC.COCc1ccccc1C.Cc1ccccc1CF. The average molecular weight is 351 g/mol. The first-order chi connectivity index (χ1) is 12.2. The highest BCUT2D eigenvalue weighted by atomic mass is 19.1. The van der Waals surface area contributed by atoms with Crippen molar-refractivity contribution in [1.82, 2.24) is 0 Å².